The van der Waals surface area contributed by atoms with Crippen molar-refractivity contribution < 1.29 is 14.2 Å². The topological polar surface area (TPSA) is 27.7 Å². The highest BCUT2D eigenvalue weighted by atomic mass is 16.6. The fraction of sp³-hybridized carbons (Fsp3) is 0.259. The Labute approximate surface area is 179 Å². The summed E-state index contributed by atoms with van der Waals surface area (Å²) in [4.78, 5) is 0. The van der Waals surface area contributed by atoms with Crippen LogP contribution >= 0.6 is 0 Å². The van der Waals surface area contributed by atoms with E-state index < -0.39 is 0 Å². The lowest BCUT2D eigenvalue weighted by molar-refractivity contribution is -0.132. The zero-order valence-corrected chi connectivity index (χ0v) is 17.5. The second kappa shape index (κ2) is 12.1. The zero-order valence-electron chi connectivity index (χ0n) is 17.5. The van der Waals surface area contributed by atoms with Gasteiger partial charge in [0.2, 0.25) is 0 Å². The molecule has 0 amide bonds. The molecule has 0 radical (unpaired) electrons. The van der Waals surface area contributed by atoms with Crippen LogP contribution in [-0.2, 0) is 34.0 Å². The fourth-order valence-corrected chi connectivity index (χ4v) is 3.22. The Morgan fingerprint density at radius 1 is 0.633 bits per heavy atom. The summed E-state index contributed by atoms with van der Waals surface area (Å²) in [5.41, 5.74) is 3.36. The largest absolute Gasteiger partial charge is 0.371 e. The molecule has 0 aromatic heterocycles. The quantitative estimate of drug-likeness (QED) is 0.276. The molecule has 3 atom stereocenters. The van der Waals surface area contributed by atoms with Gasteiger partial charge in [-0.1, -0.05) is 97.1 Å². The first-order valence-electron chi connectivity index (χ1n) is 10.4. The maximum atomic E-state index is 6.30. The molecule has 3 aromatic carbocycles. The van der Waals surface area contributed by atoms with Gasteiger partial charge < -0.3 is 14.2 Å². The molecule has 30 heavy (non-hydrogen) atoms. The first kappa shape index (κ1) is 22.0. The molecule has 156 valence electrons. The average Bonchev–Trinajstić information content (AvgIpc) is 2.81. The molecule has 0 spiro atoms. The molecule has 3 rings (SSSR count). The van der Waals surface area contributed by atoms with E-state index in [2.05, 4.69) is 43.0 Å². The van der Waals surface area contributed by atoms with Gasteiger partial charge in [0.25, 0.3) is 0 Å². The summed E-state index contributed by atoms with van der Waals surface area (Å²) in [6, 6.07) is 30.4. The SMILES string of the molecule is C[C@H](OCc1ccccc1)[C@@H](OCc1ccccc1)[C@H](C=[13CH2])OCc1ccccc1. The summed E-state index contributed by atoms with van der Waals surface area (Å²) in [5.74, 6) is 0. The van der Waals surface area contributed by atoms with E-state index >= 15 is 0 Å². The van der Waals surface area contributed by atoms with Gasteiger partial charge in [-0.15, -0.1) is 6.58 Å². The van der Waals surface area contributed by atoms with Gasteiger partial charge in [0.05, 0.1) is 25.9 Å². The van der Waals surface area contributed by atoms with Gasteiger partial charge in [0.1, 0.15) is 12.2 Å². The number of hydrogen-bond acceptors (Lipinski definition) is 3. The average molecular weight is 404 g/mol. The van der Waals surface area contributed by atoms with E-state index in [-0.39, 0.29) is 18.3 Å². The smallest absolute Gasteiger partial charge is 0.113 e. The molecule has 0 heterocycles. The summed E-state index contributed by atoms with van der Waals surface area (Å²) in [7, 11) is 0. The molecule has 0 aliphatic rings. The van der Waals surface area contributed by atoms with Gasteiger partial charge in [-0.05, 0) is 23.6 Å². The first-order chi connectivity index (χ1) is 14.8. The highest BCUT2D eigenvalue weighted by molar-refractivity contribution is 5.15. The first-order valence-corrected chi connectivity index (χ1v) is 10.4. The predicted octanol–water partition coefficient (Wildman–Crippen LogP) is 5.95. The molecule has 3 heteroatoms. The van der Waals surface area contributed by atoms with Crippen LogP contribution in [0.25, 0.3) is 0 Å². The van der Waals surface area contributed by atoms with E-state index in [0.29, 0.717) is 19.8 Å². The number of benzene rings is 3. The van der Waals surface area contributed by atoms with Crippen molar-refractivity contribution in [1.82, 2.24) is 0 Å². The van der Waals surface area contributed by atoms with Crippen LogP contribution in [0.3, 0.4) is 0 Å². The summed E-state index contributed by atoms with van der Waals surface area (Å²) in [5, 5.41) is 0. The Hall–Kier alpha value is -2.72. The highest BCUT2D eigenvalue weighted by Gasteiger charge is 2.27. The van der Waals surface area contributed by atoms with Crippen LogP contribution in [-0.4, -0.2) is 18.3 Å². The Balaban J connectivity index is 1.66. The molecule has 3 aromatic rings. The van der Waals surface area contributed by atoms with Crippen molar-refractivity contribution >= 4 is 0 Å². The van der Waals surface area contributed by atoms with Crippen LogP contribution in [0.2, 0.25) is 0 Å². The Kier molecular flexibility index (Phi) is 8.85. The highest BCUT2D eigenvalue weighted by Crippen LogP contribution is 2.19. The number of rotatable bonds is 12. The maximum Gasteiger partial charge on any atom is 0.113 e. The van der Waals surface area contributed by atoms with Gasteiger partial charge in [-0.3, -0.25) is 0 Å². The molecule has 0 aliphatic carbocycles. The van der Waals surface area contributed by atoms with Crippen molar-refractivity contribution in [1.29, 1.82) is 0 Å². The van der Waals surface area contributed by atoms with Gasteiger partial charge in [0, 0.05) is 0 Å². The van der Waals surface area contributed by atoms with Crippen LogP contribution in [0.1, 0.15) is 23.6 Å². The summed E-state index contributed by atoms with van der Waals surface area (Å²) < 4.78 is 18.6. The van der Waals surface area contributed by atoms with Crippen LogP contribution in [0.5, 0.6) is 0 Å². The molecule has 0 saturated heterocycles. The van der Waals surface area contributed by atoms with Gasteiger partial charge >= 0.3 is 0 Å². The fourth-order valence-electron chi connectivity index (χ4n) is 3.22. The minimum atomic E-state index is -0.292. The molecule has 0 aliphatic heterocycles. The molecule has 0 N–H and O–H groups in total. The summed E-state index contributed by atoms with van der Waals surface area (Å²) >= 11 is 0. The van der Waals surface area contributed by atoms with Gasteiger partial charge in [0.15, 0.2) is 0 Å². The van der Waals surface area contributed by atoms with Crippen molar-refractivity contribution in [3.63, 3.8) is 0 Å². The van der Waals surface area contributed by atoms with E-state index in [4.69, 9.17) is 14.2 Å². The van der Waals surface area contributed by atoms with E-state index in [1.54, 1.807) is 6.08 Å². The zero-order chi connectivity index (χ0) is 21.0. The van der Waals surface area contributed by atoms with Crippen LogP contribution in [0, 0.1) is 0 Å². The second-order valence-electron chi connectivity index (χ2n) is 7.26. The molecular formula is C27H30O3. The second-order valence-corrected chi connectivity index (χ2v) is 7.26. The van der Waals surface area contributed by atoms with Gasteiger partial charge in [-0.25, -0.2) is 0 Å². The molecule has 0 bridgehead atoms. The van der Waals surface area contributed by atoms with Crippen molar-refractivity contribution in [2.75, 3.05) is 0 Å². The van der Waals surface area contributed by atoms with Crippen molar-refractivity contribution in [3.05, 3.63) is 120 Å². The monoisotopic (exact) mass is 403 g/mol. The Morgan fingerprint density at radius 3 is 1.47 bits per heavy atom. The van der Waals surface area contributed by atoms with E-state index in [1.807, 2.05) is 61.5 Å². The van der Waals surface area contributed by atoms with Crippen molar-refractivity contribution in [2.45, 2.75) is 45.1 Å². The van der Waals surface area contributed by atoms with Crippen LogP contribution < -0.4 is 0 Å². The minimum Gasteiger partial charge on any atom is -0.371 e. The maximum absolute atomic E-state index is 6.30. The van der Waals surface area contributed by atoms with E-state index in [0.717, 1.165) is 16.7 Å². The molecule has 0 saturated carbocycles. The lowest BCUT2D eigenvalue weighted by atomic mass is 10.1. The summed E-state index contributed by atoms with van der Waals surface area (Å²) in [6.07, 6.45) is 1.06. The molecule has 0 unspecified atom stereocenters. The molecular weight excluding hydrogens is 373 g/mol. The van der Waals surface area contributed by atoms with E-state index in [1.165, 1.54) is 0 Å². The third-order valence-electron chi connectivity index (χ3n) is 4.95. The van der Waals surface area contributed by atoms with Crippen molar-refractivity contribution in [2.24, 2.45) is 0 Å². The Morgan fingerprint density at radius 2 is 1.03 bits per heavy atom. The third-order valence-corrected chi connectivity index (χ3v) is 4.95. The lowest BCUT2D eigenvalue weighted by Gasteiger charge is -2.30. The number of ether oxygens (including phenoxy) is 3. The normalized spacial score (nSPS) is 14.0. The minimum absolute atomic E-state index is 0.173. The van der Waals surface area contributed by atoms with E-state index in [9.17, 15) is 0 Å². The van der Waals surface area contributed by atoms with Crippen LogP contribution in [0.4, 0.5) is 0 Å². The Bertz CT molecular complexity index is 849. The van der Waals surface area contributed by atoms with Crippen LogP contribution in [0.15, 0.2) is 104 Å². The molecule has 0 fully saturated rings. The standard InChI is InChI=1S/C27H30O3/c1-3-26(29-20-24-15-9-5-10-16-24)27(30-21-25-17-11-6-12-18-25)22(2)28-19-23-13-7-4-8-14-23/h3-18,22,26-27H,1,19-21H2,2H3/t22-,26-,27+/m0/s1/i1+1. The number of hydrogen-bond donors (Lipinski definition) is 0. The van der Waals surface area contributed by atoms with Crippen molar-refractivity contribution in [3.8, 4) is 0 Å². The predicted molar refractivity (Wildman–Crippen MR) is 121 cm³/mol. The summed E-state index contributed by atoms with van der Waals surface area (Å²) in [6.45, 7) is 7.53. The third kappa shape index (κ3) is 6.96. The molecule has 3 nitrogen and oxygen atoms in total. The lowest BCUT2D eigenvalue weighted by Crippen LogP contribution is -2.40. The van der Waals surface area contributed by atoms with Gasteiger partial charge in [-0.2, -0.15) is 0 Å².